The molecule has 1 aliphatic heterocycles. The molecule has 0 saturated carbocycles. The number of alkyl halides is 1. The van der Waals surface area contributed by atoms with Crippen molar-refractivity contribution in [1.29, 1.82) is 0 Å². The minimum absolute atomic E-state index is 0.0530. The van der Waals surface area contributed by atoms with Crippen molar-refractivity contribution in [2.45, 2.75) is 32.5 Å². The molecule has 1 aromatic heterocycles. The van der Waals surface area contributed by atoms with Crippen LogP contribution in [-0.2, 0) is 4.74 Å². The van der Waals surface area contributed by atoms with Crippen molar-refractivity contribution >= 4 is 49.1 Å². The molecule has 0 bridgehead atoms. The number of hydrogen-bond acceptors (Lipinski definition) is 3. The van der Waals surface area contributed by atoms with Crippen LogP contribution in [0.1, 0.15) is 29.1 Å². The third kappa shape index (κ3) is 3.60. The Morgan fingerprint density at radius 2 is 2.32 bits per heavy atom. The molecule has 2 heterocycles. The fraction of sp³-hybridized carbons (Fsp3) is 0.615. The Hall–Kier alpha value is 0.0900. The van der Waals surface area contributed by atoms with Crippen LogP contribution in [0.2, 0.25) is 0 Å². The fourth-order valence-corrected chi connectivity index (χ4v) is 4.09. The predicted octanol–water partition coefficient (Wildman–Crippen LogP) is 3.83. The molecule has 0 aliphatic carbocycles. The van der Waals surface area contributed by atoms with Gasteiger partial charge >= 0.3 is 0 Å². The normalized spacial score (nSPS) is 22.6. The molecule has 1 unspecified atom stereocenters. The Kier molecular flexibility index (Phi) is 4.75. The molecule has 6 heteroatoms. The second-order valence-corrected chi connectivity index (χ2v) is 8.42. The highest BCUT2D eigenvalue weighted by atomic mass is 79.9. The Balaban J connectivity index is 2.18. The third-order valence-electron chi connectivity index (χ3n) is 3.01. The van der Waals surface area contributed by atoms with Crippen molar-refractivity contribution < 1.29 is 9.53 Å². The van der Waals surface area contributed by atoms with Gasteiger partial charge in [0.15, 0.2) is 0 Å². The van der Waals surface area contributed by atoms with E-state index in [9.17, 15) is 4.79 Å². The lowest BCUT2D eigenvalue weighted by Crippen LogP contribution is -2.55. The number of halogens is 2. The van der Waals surface area contributed by atoms with Gasteiger partial charge in [-0.15, -0.1) is 11.3 Å². The molecule has 1 aliphatic rings. The minimum atomic E-state index is -0.296. The molecular weight excluding hydrogens is 394 g/mol. The summed E-state index contributed by atoms with van der Waals surface area (Å²) in [4.78, 5) is 15.2. The number of amides is 1. The van der Waals surface area contributed by atoms with E-state index in [0.717, 1.165) is 19.6 Å². The number of rotatable bonds is 2. The predicted molar refractivity (Wildman–Crippen MR) is 85.4 cm³/mol. The zero-order valence-corrected chi connectivity index (χ0v) is 15.2. The van der Waals surface area contributed by atoms with Crippen LogP contribution < -0.4 is 0 Å². The van der Waals surface area contributed by atoms with Crippen molar-refractivity contribution in [2.24, 2.45) is 0 Å². The second kappa shape index (κ2) is 5.84. The summed E-state index contributed by atoms with van der Waals surface area (Å²) in [6, 6.07) is 1.95. The van der Waals surface area contributed by atoms with E-state index in [1.54, 1.807) is 0 Å². The number of nitrogens with zero attached hydrogens (tertiary/aromatic N) is 1. The summed E-state index contributed by atoms with van der Waals surface area (Å²) < 4.78 is 6.95. The summed E-state index contributed by atoms with van der Waals surface area (Å²) in [6.07, 6.45) is 0.0530. The van der Waals surface area contributed by atoms with Crippen LogP contribution >= 0.6 is 43.2 Å². The molecule has 1 fully saturated rings. The fourth-order valence-electron chi connectivity index (χ4n) is 2.25. The highest BCUT2D eigenvalue weighted by Crippen LogP contribution is 2.30. The van der Waals surface area contributed by atoms with E-state index >= 15 is 0 Å². The molecule has 1 aromatic rings. The molecule has 2 rings (SSSR count). The van der Waals surface area contributed by atoms with Crippen molar-refractivity contribution in [2.75, 3.05) is 18.4 Å². The topological polar surface area (TPSA) is 29.5 Å². The van der Waals surface area contributed by atoms with Crippen LogP contribution in [0.25, 0.3) is 0 Å². The van der Waals surface area contributed by atoms with Crippen molar-refractivity contribution in [3.63, 3.8) is 0 Å². The van der Waals surface area contributed by atoms with Gasteiger partial charge in [-0.25, -0.2) is 0 Å². The Morgan fingerprint density at radius 1 is 1.63 bits per heavy atom. The van der Waals surface area contributed by atoms with Crippen molar-refractivity contribution in [1.82, 2.24) is 4.90 Å². The van der Waals surface area contributed by atoms with Gasteiger partial charge < -0.3 is 9.64 Å². The maximum absolute atomic E-state index is 12.6. The van der Waals surface area contributed by atoms with Crippen LogP contribution in [0.5, 0.6) is 0 Å². The average molecular weight is 411 g/mol. The van der Waals surface area contributed by atoms with E-state index in [1.807, 2.05) is 31.7 Å². The lowest BCUT2D eigenvalue weighted by molar-refractivity contribution is -0.116. The van der Waals surface area contributed by atoms with E-state index in [4.69, 9.17) is 4.74 Å². The Labute approximate surface area is 134 Å². The van der Waals surface area contributed by atoms with Crippen molar-refractivity contribution in [3.05, 3.63) is 20.3 Å². The molecule has 1 atom stereocenters. The van der Waals surface area contributed by atoms with Crippen LogP contribution in [0.15, 0.2) is 9.85 Å². The van der Waals surface area contributed by atoms with Crippen LogP contribution in [0.3, 0.4) is 0 Å². The molecule has 1 amide bonds. The highest BCUT2D eigenvalue weighted by Gasteiger charge is 2.35. The zero-order valence-electron chi connectivity index (χ0n) is 11.2. The summed E-state index contributed by atoms with van der Waals surface area (Å²) in [6.45, 7) is 7.32. The van der Waals surface area contributed by atoms with E-state index in [2.05, 4.69) is 31.9 Å². The number of carbonyl (C=O) groups is 1. The maximum atomic E-state index is 12.6. The Morgan fingerprint density at radius 3 is 2.84 bits per heavy atom. The average Bonchev–Trinajstić information content (AvgIpc) is 2.66. The molecule has 1 saturated heterocycles. The molecule has 106 valence electrons. The lowest BCUT2D eigenvalue weighted by atomic mass is 10.1. The van der Waals surface area contributed by atoms with Gasteiger partial charge in [-0.3, -0.25) is 4.79 Å². The van der Waals surface area contributed by atoms with Gasteiger partial charge in [-0.2, -0.15) is 0 Å². The maximum Gasteiger partial charge on any atom is 0.264 e. The highest BCUT2D eigenvalue weighted by molar-refractivity contribution is 9.11. The summed E-state index contributed by atoms with van der Waals surface area (Å²) in [5, 5.41) is 0.743. The molecule has 19 heavy (non-hydrogen) atoms. The van der Waals surface area contributed by atoms with Crippen LogP contribution in [0.4, 0.5) is 0 Å². The molecule has 0 radical (unpaired) electrons. The lowest BCUT2D eigenvalue weighted by Gasteiger charge is -2.42. The number of hydrogen-bond donors (Lipinski definition) is 0. The first kappa shape index (κ1) is 15.5. The number of morpholine rings is 1. The van der Waals surface area contributed by atoms with Crippen LogP contribution in [-0.4, -0.2) is 40.9 Å². The van der Waals surface area contributed by atoms with Gasteiger partial charge in [0.25, 0.3) is 5.91 Å². The van der Waals surface area contributed by atoms with E-state index in [-0.39, 0.29) is 17.6 Å². The molecule has 0 aromatic carbocycles. The summed E-state index contributed by atoms with van der Waals surface area (Å²) in [5.74, 6) is 0.0983. The first-order valence-electron chi connectivity index (χ1n) is 6.11. The number of carbonyl (C=O) groups excluding carboxylic acids is 1. The molecule has 0 N–H and O–H groups in total. The molecule has 3 nitrogen and oxygen atoms in total. The first-order valence-corrected chi connectivity index (χ1v) is 8.84. The van der Waals surface area contributed by atoms with E-state index in [1.165, 1.54) is 11.3 Å². The number of thiophene rings is 1. The largest absolute Gasteiger partial charge is 0.368 e. The zero-order chi connectivity index (χ0) is 14.2. The standard InChI is InChI=1S/C13H17Br2NO2S/c1-8-4-10(19-11(8)15)12(17)16-6-9(5-14)18-13(2,3)7-16/h4,9H,5-7H2,1-3H3. The second-order valence-electron chi connectivity index (χ2n) is 5.41. The van der Waals surface area contributed by atoms with E-state index in [0.29, 0.717) is 13.1 Å². The van der Waals surface area contributed by atoms with Gasteiger partial charge in [0.1, 0.15) is 0 Å². The monoisotopic (exact) mass is 409 g/mol. The Bertz CT molecular complexity index is 467. The third-order valence-corrected chi connectivity index (χ3v) is 5.86. The smallest absolute Gasteiger partial charge is 0.264 e. The quantitative estimate of drug-likeness (QED) is 0.693. The van der Waals surface area contributed by atoms with Gasteiger partial charge in [-0.1, -0.05) is 15.9 Å². The first-order chi connectivity index (χ1) is 8.82. The van der Waals surface area contributed by atoms with Gasteiger partial charge in [-0.05, 0) is 48.3 Å². The van der Waals surface area contributed by atoms with Gasteiger partial charge in [0.2, 0.25) is 0 Å². The van der Waals surface area contributed by atoms with E-state index < -0.39 is 0 Å². The van der Waals surface area contributed by atoms with Gasteiger partial charge in [0, 0.05) is 18.4 Å². The van der Waals surface area contributed by atoms with Crippen LogP contribution in [0, 0.1) is 6.92 Å². The molecular formula is C13H17Br2NO2S. The summed E-state index contributed by atoms with van der Waals surface area (Å²) in [5.41, 5.74) is 0.813. The summed E-state index contributed by atoms with van der Waals surface area (Å²) >= 11 is 8.41. The SMILES string of the molecule is Cc1cc(C(=O)N2CC(CBr)OC(C)(C)C2)sc1Br. The molecule has 0 spiro atoms. The summed E-state index contributed by atoms with van der Waals surface area (Å²) in [7, 11) is 0. The van der Waals surface area contributed by atoms with Crippen molar-refractivity contribution in [3.8, 4) is 0 Å². The number of ether oxygens (including phenoxy) is 1. The van der Waals surface area contributed by atoms with Gasteiger partial charge in [0.05, 0.1) is 20.4 Å². The minimum Gasteiger partial charge on any atom is -0.368 e. The number of aryl methyl sites for hydroxylation is 1.